The summed E-state index contributed by atoms with van der Waals surface area (Å²) in [6.07, 6.45) is 6.59. The number of rotatable bonds is 3. The molecule has 3 fully saturated rings. The first kappa shape index (κ1) is 16.0. The van der Waals surface area contributed by atoms with Gasteiger partial charge < -0.3 is 4.90 Å². The second-order valence-electron chi connectivity index (χ2n) is 7.20. The molecule has 2 aliphatic heterocycles. The summed E-state index contributed by atoms with van der Waals surface area (Å²) in [6.45, 7) is 2.05. The van der Waals surface area contributed by atoms with Gasteiger partial charge in [-0.1, -0.05) is 12.5 Å². The van der Waals surface area contributed by atoms with Gasteiger partial charge in [-0.15, -0.1) is 0 Å². The first-order valence-electron chi connectivity index (χ1n) is 8.67. The Morgan fingerprint density at radius 1 is 1.21 bits per heavy atom. The van der Waals surface area contributed by atoms with Gasteiger partial charge in [0.1, 0.15) is 0 Å². The second kappa shape index (κ2) is 6.11. The average molecular weight is 349 g/mol. The molecule has 2 atom stereocenters. The van der Waals surface area contributed by atoms with Crippen LogP contribution in [0.3, 0.4) is 0 Å². The molecule has 6 nitrogen and oxygen atoms in total. The zero-order valence-electron chi connectivity index (χ0n) is 13.7. The van der Waals surface area contributed by atoms with Crippen LogP contribution in [0.4, 0.5) is 0 Å². The van der Waals surface area contributed by atoms with Crippen molar-refractivity contribution in [2.45, 2.75) is 37.9 Å². The summed E-state index contributed by atoms with van der Waals surface area (Å²) in [5, 5.41) is 0. The number of amides is 1. The molecule has 0 bridgehead atoms. The zero-order valence-corrected chi connectivity index (χ0v) is 14.5. The Hall–Kier alpha value is -1.47. The predicted molar refractivity (Wildman–Crippen MR) is 89.9 cm³/mol. The summed E-state index contributed by atoms with van der Waals surface area (Å²) >= 11 is 0. The third kappa shape index (κ3) is 2.95. The molecular formula is C17H23N3O3S. The highest BCUT2D eigenvalue weighted by atomic mass is 32.2. The van der Waals surface area contributed by atoms with Gasteiger partial charge in [0, 0.05) is 44.0 Å². The molecule has 2 saturated heterocycles. The molecule has 1 aliphatic carbocycles. The fourth-order valence-electron chi connectivity index (χ4n) is 4.11. The highest BCUT2D eigenvalue weighted by Gasteiger charge is 2.49. The minimum Gasteiger partial charge on any atom is -0.336 e. The molecule has 0 aromatic carbocycles. The van der Waals surface area contributed by atoms with Crippen LogP contribution in [0.1, 0.15) is 24.8 Å². The minimum atomic E-state index is -3.09. The quantitative estimate of drug-likeness (QED) is 0.803. The van der Waals surface area contributed by atoms with E-state index in [9.17, 15) is 13.2 Å². The normalized spacial score (nSPS) is 29.9. The number of aromatic nitrogens is 1. The summed E-state index contributed by atoms with van der Waals surface area (Å²) in [5.41, 5.74) is 1.08. The van der Waals surface area contributed by atoms with Crippen molar-refractivity contribution in [3.05, 3.63) is 30.1 Å². The SMILES string of the molecule is O=C(C1CCC1)N1CCN(Cc2cccnc2)[C@@H]2CS(=O)(=O)C[C@@H]21. The largest absolute Gasteiger partial charge is 0.336 e. The lowest BCUT2D eigenvalue weighted by atomic mass is 9.83. The van der Waals surface area contributed by atoms with E-state index in [4.69, 9.17) is 0 Å². The maximum absolute atomic E-state index is 12.7. The standard InChI is InChI=1S/C17H23N3O3S/c21-17(14-4-1-5-14)20-8-7-19(10-13-3-2-6-18-9-13)15-11-24(22,23)12-16(15)20/h2-3,6,9,14-16H,1,4-5,7-8,10-12H2/t15-,16+/m1/s1. The van der Waals surface area contributed by atoms with Crippen LogP contribution >= 0.6 is 0 Å². The van der Waals surface area contributed by atoms with E-state index in [-0.39, 0.29) is 35.4 Å². The van der Waals surface area contributed by atoms with E-state index in [1.54, 1.807) is 6.20 Å². The van der Waals surface area contributed by atoms with E-state index in [1.165, 1.54) is 0 Å². The smallest absolute Gasteiger partial charge is 0.226 e. The van der Waals surface area contributed by atoms with Crippen LogP contribution in [0.2, 0.25) is 0 Å². The summed E-state index contributed by atoms with van der Waals surface area (Å²) in [6, 6.07) is 3.63. The monoisotopic (exact) mass is 349 g/mol. The Bertz CT molecular complexity index is 718. The number of hydrogen-bond acceptors (Lipinski definition) is 5. The lowest BCUT2D eigenvalue weighted by Crippen LogP contribution is -2.61. The average Bonchev–Trinajstić information content (AvgIpc) is 2.82. The summed E-state index contributed by atoms with van der Waals surface area (Å²) in [4.78, 5) is 20.9. The number of nitrogens with zero attached hydrogens (tertiary/aromatic N) is 3. The Balaban J connectivity index is 1.54. The Kier molecular flexibility index (Phi) is 4.08. The topological polar surface area (TPSA) is 70.6 Å². The molecule has 0 N–H and O–H groups in total. The van der Waals surface area contributed by atoms with E-state index in [0.717, 1.165) is 31.4 Å². The lowest BCUT2D eigenvalue weighted by Gasteiger charge is -2.45. The van der Waals surface area contributed by atoms with E-state index >= 15 is 0 Å². The van der Waals surface area contributed by atoms with E-state index in [0.29, 0.717) is 13.1 Å². The fraction of sp³-hybridized carbons (Fsp3) is 0.647. The Morgan fingerprint density at radius 2 is 2.00 bits per heavy atom. The van der Waals surface area contributed by atoms with Crippen molar-refractivity contribution in [3.63, 3.8) is 0 Å². The Labute approximate surface area is 142 Å². The molecule has 0 radical (unpaired) electrons. The van der Waals surface area contributed by atoms with Crippen LogP contribution in [0.5, 0.6) is 0 Å². The number of fused-ring (bicyclic) bond motifs is 1. The van der Waals surface area contributed by atoms with Crippen molar-refractivity contribution >= 4 is 15.7 Å². The second-order valence-corrected chi connectivity index (χ2v) is 9.36. The maximum atomic E-state index is 12.7. The van der Waals surface area contributed by atoms with E-state index < -0.39 is 9.84 Å². The number of sulfone groups is 1. The molecule has 1 aromatic rings. The van der Waals surface area contributed by atoms with Gasteiger partial charge in [0.15, 0.2) is 9.84 Å². The Morgan fingerprint density at radius 3 is 2.67 bits per heavy atom. The number of carbonyl (C=O) groups is 1. The van der Waals surface area contributed by atoms with Crippen molar-refractivity contribution < 1.29 is 13.2 Å². The van der Waals surface area contributed by atoms with Gasteiger partial charge in [0.25, 0.3) is 0 Å². The molecule has 7 heteroatoms. The molecule has 24 heavy (non-hydrogen) atoms. The first-order chi connectivity index (χ1) is 11.5. The highest BCUT2D eigenvalue weighted by molar-refractivity contribution is 7.91. The molecule has 1 aromatic heterocycles. The van der Waals surface area contributed by atoms with Gasteiger partial charge in [-0.05, 0) is 24.5 Å². The molecule has 1 saturated carbocycles. The molecule has 3 heterocycles. The van der Waals surface area contributed by atoms with E-state index in [1.807, 2.05) is 23.2 Å². The molecule has 0 unspecified atom stereocenters. The fourth-order valence-corrected chi connectivity index (χ4v) is 6.12. The van der Waals surface area contributed by atoms with Crippen LogP contribution in [-0.4, -0.2) is 65.8 Å². The van der Waals surface area contributed by atoms with Crippen molar-refractivity contribution in [2.75, 3.05) is 24.6 Å². The van der Waals surface area contributed by atoms with Crippen LogP contribution in [0.25, 0.3) is 0 Å². The van der Waals surface area contributed by atoms with Gasteiger partial charge in [-0.3, -0.25) is 14.7 Å². The number of pyridine rings is 1. The minimum absolute atomic E-state index is 0.0898. The summed E-state index contributed by atoms with van der Waals surface area (Å²) in [7, 11) is -3.09. The van der Waals surface area contributed by atoms with Gasteiger partial charge in [-0.2, -0.15) is 0 Å². The molecule has 3 aliphatic rings. The van der Waals surface area contributed by atoms with Gasteiger partial charge in [-0.25, -0.2) is 8.42 Å². The van der Waals surface area contributed by atoms with Crippen molar-refractivity contribution in [1.29, 1.82) is 0 Å². The molecule has 130 valence electrons. The third-order valence-corrected chi connectivity index (χ3v) is 7.34. The summed E-state index contributed by atoms with van der Waals surface area (Å²) < 4.78 is 24.5. The first-order valence-corrected chi connectivity index (χ1v) is 10.5. The number of carbonyl (C=O) groups excluding carboxylic acids is 1. The molecule has 0 spiro atoms. The third-order valence-electron chi connectivity index (χ3n) is 5.64. The highest BCUT2D eigenvalue weighted by Crippen LogP contribution is 2.33. The molecule has 1 amide bonds. The van der Waals surface area contributed by atoms with Crippen LogP contribution in [-0.2, 0) is 21.2 Å². The van der Waals surface area contributed by atoms with Crippen molar-refractivity contribution in [1.82, 2.24) is 14.8 Å². The van der Waals surface area contributed by atoms with Crippen LogP contribution in [0.15, 0.2) is 24.5 Å². The summed E-state index contributed by atoms with van der Waals surface area (Å²) in [5.74, 6) is 0.569. The zero-order chi connectivity index (χ0) is 16.7. The number of hydrogen-bond donors (Lipinski definition) is 0. The molecule has 4 rings (SSSR count). The van der Waals surface area contributed by atoms with Crippen LogP contribution < -0.4 is 0 Å². The maximum Gasteiger partial charge on any atom is 0.226 e. The van der Waals surface area contributed by atoms with Crippen molar-refractivity contribution in [3.8, 4) is 0 Å². The molecular weight excluding hydrogens is 326 g/mol. The van der Waals surface area contributed by atoms with Gasteiger partial charge in [0.05, 0.1) is 17.5 Å². The number of piperazine rings is 1. The van der Waals surface area contributed by atoms with Gasteiger partial charge in [0.2, 0.25) is 5.91 Å². The van der Waals surface area contributed by atoms with Crippen molar-refractivity contribution in [2.24, 2.45) is 5.92 Å². The van der Waals surface area contributed by atoms with Gasteiger partial charge >= 0.3 is 0 Å². The van der Waals surface area contributed by atoms with Crippen LogP contribution in [0, 0.1) is 5.92 Å². The van der Waals surface area contributed by atoms with E-state index in [2.05, 4.69) is 9.88 Å². The predicted octanol–water partition coefficient (Wildman–Crippen LogP) is 0.692. The lowest BCUT2D eigenvalue weighted by molar-refractivity contribution is -0.144.